The average molecular weight is 306 g/mol. The van der Waals surface area contributed by atoms with Crippen LogP contribution in [0.15, 0.2) is 23.3 Å². The van der Waals surface area contributed by atoms with Crippen molar-refractivity contribution in [3.8, 4) is 0 Å². The molecule has 0 radical (unpaired) electrons. The lowest BCUT2D eigenvalue weighted by Crippen LogP contribution is -2.49. The Morgan fingerprint density at radius 2 is 2.19 bits per heavy atom. The number of hydrogen-bond donors (Lipinski definition) is 1. The van der Waals surface area contributed by atoms with Gasteiger partial charge in [0, 0.05) is 51.3 Å². The molecule has 3 rings (SSSR count). The van der Waals surface area contributed by atoms with E-state index in [0.29, 0.717) is 0 Å². The van der Waals surface area contributed by atoms with Gasteiger partial charge >= 0.3 is 6.03 Å². The summed E-state index contributed by atoms with van der Waals surface area (Å²) in [5.74, 6) is 0. The second-order valence-corrected chi connectivity index (χ2v) is 5.79. The van der Waals surface area contributed by atoms with E-state index in [9.17, 15) is 4.79 Å². The van der Waals surface area contributed by atoms with Crippen LogP contribution < -0.4 is 5.32 Å². The molecule has 0 spiro atoms. The number of hydrogen-bond acceptors (Lipinski definition) is 5. The Morgan fingerprint density at radius 1 is 1.38 bits per heavy atom. The summed E-state index contributed by atoms with van der Waals surface area (Å²) >= 11 is 1.62. The Morgan fingerprint density at radius 3 is 2.81 bits per heavy atom. The van der Waals surface area contributed by atoms with Crippen LogP contribution in [0.3, 0.4) is 0 Å². The molecule has 7 nitrogen and oxygen atoms in total. The lowest BCUT2D eigenvalue weighted by atomic mass is 10.3. The minimum atomic E-state index is -0.0590. The van der Waals surface area contributed by atoms with Crippen molar-refractivity contribution in [2.24, 2.45) is 7.05 Å². The normalized spacial score (nSPS) is 16.1. The molecule has 3 heterocycles. The molecule has 0 saturated carbocycles. The van der Waals surface area contributed by atoms with Crippen LogP contribution in [0.4, 0.5) is 10.5 Å². The van der Waals surface area contributed by atoms with Gasteiger partial charge in [-0.1, -0.05) is 0 Å². The van der Waals surface area contributed by atoms with Crippen molar-refractivity contribution in [3.63, 3.8) is 0 Å². The van der Waals surface area contributed by atoms with Crippen molar-refractivity contribution in [2.45, 2.75) is 6.54 Å². The number of piperazine rings is 1. The van der Waals surface area contributed by atoms with Gasteiger partial charge in [0.15, 0.2) is 0 Å². The molecular weight excluding hydrogens is 288 g/mol. The van der Waals surface area contributed by atoms with Crippen LogP contribution in [0.5, 0.6) is 0 Å². The molecule has 2 aromatic rings. The van der Waals surface area contributed by atoms with Gasteiger partial charge in [-0.05, 0) is 0 Å². The molecule has 0 unspecified atom stereocenters. The van der Waals surface area contributed by atoms with Crippen LogP contribution in [0.25, 0.3) is 0 Å². The lowest BCUT2D eigenvalue weighted by molar-refractivity contribution is 0.142. The third-order valence-corrected chi connectivity index (χ3v) is 4.12. The summed E-state index contributed by atoms with van der Waals surface area (Å²) < 4.78 is 1.67. The van der Waals surface area contributed by atoms with Crippen LogP contribution in [-0.2, 0) is 13.6 Å². The molecule has 21 heavy (non-hydrogen) atoms. The van der Waals surface area contributed by atoms with E-state index in [0.717, 1.165) is 44.1 Å². The van der Waals surface area contributed by atoms with Crippen molar-refractivity contribution in [3.05, 3.63) is 29.0 Å². The second-order valence-electron chi connectivity index (χ2n) is 5.08. The summed E-state index contributed by atoms with van der Waals surface area (Å²) in [5.41, 5.74) is 3.69. The smallest absolute Gasteiger partial charge is 0.322 e. The highest BCUT2D eigenvalue weighted by Crippen LogP contribution is 2.11. The van der Waals surface area contributed by atoms with Gasteiger partial charge in [-0.2, -0.15) is 5.10 Å². The van der Waals surface area contributed by atoms with Crippen LogP contribution in [-0.4, -0.2) is 56.8 Å². The van der Waals surface area contributed by atoms with E-state index in [-0.39, 0.29) is 6.03 Å². The van der Waals surface area contributed by atoms with Crippen LogP contribution in [0.2, 0.25) is 0 Å². The highest BCUT2D eigenvalue weighted by Gasteiger charge is 2.21. The number of urea groups is 1. The fourth-order valence-corrected chi connectivity index (χ4v) is 2.89. The number of carbonyl (C=O) groups excluding carboxylic acids is 1. The predicted molar refractivity (Wildman–Crippen MR) is 81.2 cm³/mol. The Hall–Kier alpha value is -1.93. The average Bonchev–Trinajstić information content (AvgIpc) is 3.12. The number of carbonyl (C=O) groups is 1. The van der Waals surface area contributed by atoms with E-state index < -0.39 is 0 Å². The van der Waals surface area contributed by atoms with Gasteiger partial charge in [0.25, 0.3) is 0 Å². The number of nitrogens with one attached hydrogen (secondary N) is 1. The van der Waals surface area contributed by atoms with Gasteiger partial charge in [-0.15, -0.1) is 11.3 Å². The minimum absolute atomic E-state index is 0.0590. The SMILES string of the molecule is Cn1cc(NC(=O)N2CCN(Cc3cscn3)CC2)cn1. The van der Waals surface area contributed by atoms with E-state index in [4.69, 9.17) is 0 Å². The number of aryl methyl sites for hydroxylation is 1. The number of anilines is 1. The first-order chi connectivity index (χ1) is 10.2. The molecule has 0 aromatic carbocycles. The molecule has 1 saturated heterocycles. The van der Waals surface area contributed by atoms with Crippen molar-refractivity contribution < 1.29 is 4.79 Å². The molecule has 112 valence electrons. The molecule has 0 atom stereocenters. The molecule has 2 amide bonds. The fourth-order valence-electron chi connectivity index (χ4n) is 2.34. The first kappa shape index (κ1) is 14.0. The highest BCUT2D eigenvalue weighted by molar-refractivity contribution is 7.07. The van der Waals surface area contributed by atoms with E-state index in [1.807, 2.05) is 17.5 Å². The fraction of sp³-hybridized carbons (Fsp3) is 0.462. The molecule has 1 aliphatic rings. The Kier molecular flexibility index (Phi) is 4.16. The van der Waals surface area contributed by atoms with Crippen LogP contribution >= 0.6 is 11.3 Å². The van der Waals surface area contributed by atoms with Gasteiger partial charge in [-0.3, -0.25) is 9.58 Å². The van der Waals surface area contributed by atoms with E-state index >= 15 is 0 Å². The maximum atomic E-state index is 12.1. The van der Waals surface area contributed by atoms with Gasteiger partial charge in [-0.25, -0.2) is 9.78 Å². The van der Waals surface area contributed by atoms with E-state index in [2.05, 4.69) is 25.7 Å². The summed E-state index contributed by atoms with van der Waals surface area (Å²) in [6.07, 6.45) is 3.44. The number of thiazole rings is 1. The Balaban J connectivity index is 1.47. The first-order valence-corrected chi connectivity index (χ1v) is 7.79. The predicted octanol–water partition coefficient (Wildman–Crippen LogP) is 1.23. The quantitative estimate of drug-likeness (QED) is 0.926. The third kappa shape index (κ3) is 3.59. The zero-order valence-corrected chi connectivity index (χ0v) is 12.7. The first-order valence-electron chi connectivity index (χ1n) is 6.85. The van der Waals surface area contributed by atoms with E-state index in [1.165, 1.54) is 0 Å². The summed E-state index contributed by atoms with van der Waals surface area (Å²) in [7, 11) is 1.83. The molecule has 1 N–H and O–H groups in total. The van der Waals surface area contributed by atoms with Crippen LogP contribution in [0, 0.1) is 0 Å². The molecule has 1 aliphatic heterocycles. The topological polar surface area (TPSA) is 66.3 Å². The Bertz CT molecular complexity index is 588. The molecule has 2 aromatic heterocycles. The molecule has 1 fully saturated rings. The molecule has 0 aliphatic carbocycles. The molecular formula is C13H18N6OS. The minimum Gasteiger partial charge on any atom is -0.322 e. The van der Waals surface area contributed by atoms with Gasteiger partial charge in [0.2, 0.25) is 0 Å². The number of nitrogens with zero attached hydrogens (tertiary/aromatic N) is 5. The number of rotatable bonds is 3. The summed E-state index contributed by atoms with van der Waals surface area (Å²) in [6, 6.07) is -0.0590. The standard InChI is InChI=1S/C13H18N6OS/c1-17-7-11(6-15-17)16-13(20)19-4-2-18(3-5-19)8-12-9-21-10-14-12/h6-7,9-10H,2-5,8H2,1H3,(H,16,20). The van der Waals surface area contributed by atoms with Gasteiger partial charge < -0.3 is 10.2 Å². The van der Waals surface area contributed by atoms with E-state index in [1.54, 1.807) is 28.4 Å². The van der Waals surface area contributed by atoms with Gasteiger partial charge in [0.05, 0.1) is 23.1 Å². The van der Waals surface area contributed by atoms with Crippen LogP contribution in [0.1, 0.15) is 5.69 Å². The maximum absolute atomic E-state index is 12.1. The highest BCUT2D eigenvalue weighted by atomic mass is 32.1. The van der Waals surface area contributed by atoms with Crippen molar-refractivity contribution in [1.82, 2.24) is 24.6 Å². The van der Waals surface area contributed by atoms with Crippen molar-refractivity contribution in [2.75, 3.05) is 31.5 Å². The van der Waals surface area contributed by atoms with Gasteiger partial charge in [0.1, 0.15) is 0 Å². The summed E-state index contributed by atoms with van der Waals surface area (Å²) in [6.45, 7) is 4.07. The monoisotopic (exact) mass is 306 g/mol. The zero-order valence-electron chi connectivity index (χ0n) is 11.9. The Labute approximate surface area is 127 Å². The largest absolute Gasteiger partial charge is 0.322 e. The van der Waals surface area contributed by atoms with Crippen molar-refractivity contribution >= 4 is 23.1 Å². The maximum Gasteiger partial charge on any atom is 0.322 e. The number of aromatic nitrogens is 3. The molecule has 0 bridgehead atoms. The summed E-state index contributed by atoms with van der Waals surface area (Å²) in [4.78, 5) is 20.6. The summed E-state index contributed by atoms with van der Waals surface area (Å²) in [5, 5.41) is 8.98. The lowest BCUT2D eigenvalue weighted by Gasteiger charge is -2.34. The second kappa shape index (κ2) is 6.23. The third-order valence-electron chi connectivity index (χ3n) is 3.48. The number of amides is 2. The molecule has 8 heteroatoms. The zero-order chi connectivity index (χ0) is 14.7. The van der Waals surface area contributed by atoms with Crippen molar-refractivity contribution in [1.29, 1.82) is 0 Å².